The number of nitrogens with one attached hydrogen (secondary N) is 1. The van der Waals surface area contributed by atoms with Crippen molar-refractivity contribution in [2.45, 2.75) is 25.2 Å². The lowest BCUT2D eigenvalue weighted by molar-refractivity contribution is -0.138. The number of nitrogens with zero attached hydrogens (tertiary/aromatic N) is 1. The molecule has 1 aliphatic rings. The summed E-state index contributed by atoms with van der Waals surface area (Å²) in [6, 6.07) is 2.33. The van der Waals surface area contributed by atoms with Gasteiger partial charge in [0.2, 0.25) is 0 Å². The maximum Gasteiger partial charge on any atom is 0.416 e. The molecule has 0 aromatic heterocycles. The largest absolute Gasteiger partial charge is 0.465 e. The van der Waals surface area contributed by atoms with Crippen LogP contribution in [0.4, 0.5) is 22.4 Å². The molecule has 1 heterocycles. The number of likely N-dealkylation sites (tertiary alicyclic amines) is 1. The van der Waals surface area contributed by atoms with Gasteiger partial charge in [0, 0.05) is 25.7 Å². The van der Waals surface area contributed by atoms with Gasteiger partial charge in [-0.1, -0.05) is 6.07 Å². The molecule has 0 spiro atoms. The minimum atomic E-state index is -4.62. The second-order valence-corrected chi connectivity index (χ2v) is 4.89. The van der Waals surface area contributed by atoms with Crippen LogP contribution in [0.25, 0.3) is 0 Å². The van der Waals surface area contributed by atoms with Gasteiger partial charge in [-0.3, -0.25) is 0 Å². The van der Waals surface area contributed by atoms with E-state index in [2.05, 4.69) is 5.32 Å². The molecule has 0 radical (unpaired) electrons. The van der Waals surface area contributed by atoms with Gasteiger partial charge in [-0.2, -0.15) is 13.2 Å². The molecule has 0 bridgehead atoms. The quantitative estimate of drug-likeness (QED) is 0.844. The van der Waals surface area contributed by atoms with Gasteiger partial charge in [0.15, 0.2) is 0 Å². The minimum Gasteiger partial charge on any atom is -0.465 e. The van der Waals surface area contributed by atoms with Gasteiger partial charge < -0.3 is 15.3 Å². The van der Waals surface area contributed by atoms with Crippen LogP contribution in [-0.4, -0.2) is 35.2 Å². The highest BCUT2D eigenvalue weighted by molar-refractivity contribution is 5.65. The zero-order valence-corrected chi connectivity index (χ0v) is 11.0. The summed E-state index contributed by atoms with van der Waals surface area (Å²) >= 11 is 0. The van der Waals surface area contributed by atoms with Crippen molar-refractivity contribution in [3.8, 4) is 0 Å². The second kappa shape index (κ2) is 5.88. The van der Waals surface area contributed by atoms with E-state index in [-0.39, 0.29) is 24.7 Å². The van der Waals surface area contributed by atoms with Crippen LogP contribution in [0.15, 0.2) is 18.2 Å². The standard InChI is InChI=1S/C13H14F4N2O2/c14-9-2-1-8(11(5-9)13(15,16)17)6-18-10-3-4-19(7-10)12(20)21/h1-2,5,10,18H,3-4,6-7H2,(H,20,21)/t10-/m0/s1. The normalized spacial score (nSPS) is 19.0. The van der Waals surface area contributed by atoms with Crippen molar-refractivity contribution in [1.82, 2.24) is 10.2 Å². The SMILES string of the molecule is O=C(O)N1CC[C@H](NCc2ccc(F)cc2C(F)(F)F)C1. The number of amides is 1. The van der Waals surface area contributed by atoms with Crippen molar-refractivity contribution < 1.29 is 27.5 Å². The summed E-state index contributed by atoms with van der Waals surface area (Å²) in [5, 5.41) is 11.7. The Hall–Kier alpha value is -1.83. The van der Waals surface area contributed by atoms with E-state index in [0.717, 1.165) is 12.1 Å². The maximum atomic E-state index is 13.0. The summed E-state index contributed by atoms with van der Waals surface area (Å²) in [6.07, 6.45) is -5.13. The van der Waals surface area contributed by atoms with Crippen LogP contribution in [0.2, 0.25) is 0 Å². The van der Waals surface area contributed by atoms with Crippen LogP contribution in [0.3, 0.4) is 0 Å². The number of hydrogen-bond acceptors (Lipinski definition) is 2. The van der Waals surface area contributed by atoms with Crippen LogP contribution in [-0.2, 0) is 12.7 Å². The lowest BCUT2D eigenvalue weighted by atomic mass is 10.1. The Morgan fingerprint density at radius 2 is 2.14 bits per heavy atom. The van der Waals surface area contributed by atoms with Crippen molar-refractivity contribution in [2.24, 2.45) is 0 Å². The molecule has 1 fully saturated rings. The predicted molar refractivity (Wildman–Crippen MR) is 66.2 cm³/mol. The number of rotatable bonds is 3. The highest BCUT2D eigenvalue weighted by atomic mass is 19.4. The first-order valence-corrected chi connectivity index (χ1v) is 6.34. The van der Waals surface area contributed by atoms with Crippen LogP contribution >= 0.6 is 0 Å². The van der Waals surface area contributed by atoms with Crippen molar-refractivity contribution in [1.29, 1.82) is 0 Å². The van der Waals surface area contributed by atoms with E-state index in [9.17, 15) is 22.4 Å². The van der Waals surface area contributed by atoms with Crippen molar-refractivity contribution in [2.75, 3.05) is 13.1 Å². The van der Waals surface area contributed by atoms with Crippen LogP contribution in [0.1, 0.15) is 17.5 Å². The van der Waals surface area contributed by atoms with E-state index in [1.54, 1.807) is 0 Å². The summed E-state index contributed by atoms with van der Waals surface area (Å²) in [6.45, 7) is 0.494. The Morgan fingerprint density at radius 1 is 1.43 bits per heavy atom. The zero-order chi connectivity index (χ0) is 15.6. The molecule has 1 aliphatic heterocycles. The number of carbonyl (C=O) groups is 1. The fraction of sp³-hybridized carbons (Fsp3) is 0.462. The Balaban J connectivity index is 2.03. The molecular formula is C13H14F4N2O2. The summed E-state index contributed by atoms with van der Waals surface area (Å²) in [4.78, 5) is 12.0. The molecule has 2 N–H and O–H groups in total. The van der Waals surface area contributed by atoms with Gasteiger partial charge in [0.05, 0.1) is 5.56 Å². The van der Waals surface area contributed by atoms with E-state index in [1.807, 2.05) is 0 Å². The third kappa shape index (κ3) is 3.84. The summed E-state index contributed by atoms with van der Waals surface area (Å²) in [7, 11) is 0. The molecule has 4 nitrogen and oxygen atoms in total. The average Bonchev–Trinajstić information content (AvgIpc) is 2.85. The first-order valence-electron chi connectivity index (χ1n) is 6.34. The van der Waals surface area contributed by atoms with Gasteiger partial charge in [-0.05, 0) is 24.1 Å². The van der Waals surface area contributed by atoms with Crippen molar-refractivity contribution in [3.63, 3.8) is 0 Å². The molecule has 1 atom stereocenters. The molecule has 1 saturated heterocycles. The van der Waals surface area contributed by atoms with Crippen molar-refractivity contribution in [3.05, 3.63) is 35.1 Å². The number of carboxylic acid groups (broad SMARTS) is 1. The Morgan fingerprint density at radius 3 is 2.71 bits per heavy atom. The third-order valence-electron chi connectivity index (χ3n) is 3.42. The topological polar surface area (TPSA) is 52.6 Å². The fourth-order valence-corrected chi connectivity index (χ4v) is 2.32. The first kappa shape index (κ1) is 15.6. The molecule has 1 aromatic carbocycles. The van der Waals surface area contributed by atoms with E-state index >= 15 is 0 Å². The average molecular weight is 306 g/mol. The molecule has 1 amide bonds. The smallest absolute Gasteiger partial charge is 0.416 e. The zero-order valence-electron chi connectivity index (χ0n) is 11.0. The second-order valence-electron chi connectivity index (χ2n) is 4.89. The Labute approximate surface area is 118 Å². The van der Waals surface area contributed by atoms with Crippen LogP contribution in [0, 0.1) is 5.82 Å². The summed E-state index contributed by atoms with van der Waals surface area (Å²) in [5.41, 5.74) is -1.07. The molecule has 21 heavy (non-hydrogen) atoms. The van der Waals surface area contributed by atoms with E-state index < -0.39 is 23.7 Å². The van der Waals surface area contributed by atoms with E-state index in [1.165, 1.54) is 4.90 Å². The molecular weight excluding hydrogens is 292 g/mol. The third-order valence-corrected chi connectivity index (χ3v) is 3.42. The molecule has 116 valence electrons. The van der Waals surface area contributed by atoms with Gasteiger partial charge in [0.25, 0.3) is 0 Å². The van der Waals surface area contributed by atoms with Crippen LogP contribution in [0.5, 0.6) is 0 Å². The molecule has 2 rings (SSSR count). The maximum absolute atomic E-state index is 13.0. The van der Waals surface area contributed by atoms with Gasteiger partial charge >= 0.3 is 12.3 Å². The molecule has 1 aromatic rings. The van der Waals surface area contributed by atoms with Gasteiger partial charge in [0.1, 0.15) is 5.82 Å². The Kier molecular flexibility index (Phi) is 4.36. The number of hydrogen-bond donors (Lipinski definition) is 2. The lowest BCUT2D eigenvalue weighted by Crippen LogP contribution is -2.34. The predicted octanol–water partition coefficient (Wildman–Crippen LogP) is 2.69. The van der Waals surface area contributed by atoms with Gasteiger partial charge in [-0.15, -0.1) is 0 Å². The fourth-order valence-electron chi connectivity index (χ4n) is 2.32. The molecule has 0 saturated carbocycles. The van der Waals surface area contributed by atoms with E-state index in [4.69, 9.17) is 5.11 Å². The van der Waals surface area contributed by atoms with E-state index in [0.29, 0.717) is 19.0 Å². The molecule has 0 aliphatic carbocycles. The lowest BCUT2D eigenvalue weighted by Gasteiger charge is -2.17. The number of benzene rings is 1. The van der Waals surface area contributed by atoms with Crippen molar-refractivity contribution >= 4 is 6.09 Å². The number of halogens is 4. The number of alkyl halides is 3. The Bertz CT molecular complexity index is 533. The highest BCUT2D eigenvalue weighted by Crippen LogP contribution is 2.32. The summed E-state index contributed by atoms with van der Waals surface area (Å²) < 4.78 is 51.4. The van der Waals surface area contributed by atoms with Crippen LogP contribution < -0.4 is 5.32 Å². The summed E-state index contributed by atoms with van der Waals surface area (Å²) in [5.74, 6) is -0.941. The highest BCUT2D eigenvalue weighted by Gasteiger charge is 2.34. The molecule has 0 unspecified atom stereocenters. The first-order chi connectivity index (χ1) is 9.77. The molecule has 8 heteroatoms. The monoisotopic (exact) mass is 306 g/mol. The van der Waals surface area contributed by atoms with Gasteiger partial charge in [-0.25, -0.2) is 9.18 Å². The minimum absolute atomic E-state index is 0.0577.